The molecule has 1 atom stereocenters. The molecule has 7 nitrogen and oxygen atoms in total. The second-order valence-electron chi connectivity index (χ2n) is 6.71. The normalized spacial score (nSPS) is 17.8. The second kappa shape index (κ2) is 7.31. The van der Waals surface area contributed by atoms with Crippen LogP contribution in [0.3, 0.4) is 0 Å². The lowest BCUT2D eigenvalue weighted by molar-refractivity contribution is 0.102. The summed E-state index contributed by atoms with van der Waals surface area (Å²) in [6.45, 7) is 0.620. The summed E-state index contributed by atoms with van der Waals surface area (Å²) in [6.07, 6.45) is 1.49. The molecule has 29 heavy (non-hydrogen) atoms. The first-order valence-electron chi connectivity index (χ1n) is 9.17. The highest BCUT2D eigenvalue weighted by Crippen LogP contribution is 2.38. The summed E-state index contributed by atoms with van der Waals surface area (Å²) in [5.41, 5.74) is 4.16. The molecular weight excluding hydrogens is 386 g/mol. The van der Waals surface area contributed by atoms with Crippen molar-refractivity contribution < 1.29 is 9.90 Å². The number of benzene rings is 2. The molecule has 2 aliphatic heterocycles. The number of hydrogen-bond acceptors (Lipinski definition) is 7. The third kappa shape index (κ3) is 3.26. The Morgan fingerprint density at radius 1 is 1.17 bits per heavy atom. The third-order valence-electron chi connectivity index (χ3n) is 4.91. The highest BCUT2D eigenvalue weighted by atomic mass is 32.2. The van der Waals surface area contributed by atoms with Gasteiger partial charge in [0.15, 0.2) is 5.17 Å². The molecule has 0 saturated heterocycles. The molecule has 0 radical (unpaired) electrons. The van der Waals surface area contributed by atoms with Gasteiger partial charge in [0.2, 0.25) is 0 Å². The SMILES string of the molecule is O=C(Nc1ccccc1C1CN2C(CO)=CSC2=N1)c1cnc2ccccc2n1. The zero-order valence-electron chi connectivity index (χ0n) is 15.3. The molecule has 2 aliphatic rings. The minimum Gasteiger partial charge on any atom is -0.390 e. The van der Waals surface area contributed by atoms with E-state index in [0.717, 1.165) is 21.9 Å². The fraction of sp³-hybridized carbons (Fsp3) is 0.143. The number of rotatable bonds is 4. The Morgan fingerprint density at radius 2 is 1.97 bits per heavy atom. The van der Waals surface area contributed by atoms with Gasteiger partial charge in [-0.1, -0.05) is 42.1 Å². The average molecular weight is 403 g/mol. The van der Waals surface area contributed by atoms with Gasteiger partial charge in [-0.25, -0.2) is 4.98 Å². The molecule has 3 aromatic rings. The summed E-state index contributed by atoms with van der Waals surface area (Å²) >= 11 is 1.51. The van der Waals surface area contributed by atoms with E-state index in [9.17, 15) is 9.90 Å². The van der Waals surface area contributed by atoms with Gasteiger partial charge < -0.3 is 15.3 Å². The van der Waals surface area contributed by atoms with Crippen molar-refractivity contribution in [1.29, 1.82) is 0 Å². The number of aliphatic imine (C=N–C) groups is 1. The second-order valence-corrected chi connectivity index (χ2v) is 7.55. The zero-order valence-corrected chi connectivity index (χ0v) is 16.1. The number of para-hydroxylation sites is 3. The molecule has 1 unspecified atom stereocenters. The van der Waals surface area contributed by atoms with Crippen LogP contribution < -0.4 is 5.32 Å². The number of amidine groups is 1. The van der Waals surface area contributed by atoms with E-state index in [2.05, 4.69) is 15.3 Å². The number of fused-ring (bicyclic) bond motifs is 2. The number of aliphatic hydroxyl groups excluding tert-OH is 1. The Morgan fingerprint density at radius 3 is 2.83 bits per heavy atom. The highest BCUT2D eigenvalue weighted by molar-refractivity contribution is 8.16. The van der Waals surface area contributed by atoms with Crippen molar-refractivity contribution in [2.45, 2.75) is 6.04 Å². The lowest BCUT2D eigenvalue weighted by atomic mass is 10.0. The maximum atomic E-state index is 12.8. The smallest absolute Gasteiger partial charge is 0.275 e. The van der Waals surface area contributed by atoms with Crippen molar-refractivity contribution in [1.82, 2.24) is 14.9 Å². The Kier molecular flexibility index (Phi) is 4.49. The van der Waals surface area contributed by atoms with Crippen molar-refractivity contribution in [3.8, 4) is 0 Å². The number of anilines is 1. The number of nitrogens with one attached hydrogen (secondary N) is 1. The highest BCUT2D eigenvalue weighted by Gasteiger charge is 2.33. The first-order valence-corrected chi connectivity index (χ1v) is 10.0. The largest absolute Gasteiger partial charge is 0.390 e. The van der Waals surface area contributed by atoms with Crippen LogP contribution in [0.15, 0.2) is 70.8 Å². The quantitative estimate of drug-likeness (QED) is 0.695. The topological polar surface area (TPSA) is 90.7 Å². The van der Waals surface area contributed by atoms with E-state index in [4.69, 9.17) is 4.99 Å². The van der Waals surface area contributed by atoms with E-state index in [0.29, 0.717) is 17.7 Å². The van der Waals surface area contributed by atoms with Gasteiger partial charge >= 0.3 is 0 Å². The van der Waals surface area contributed by atoms with E-state index in [1.807, 2.05) is 58.8 Å². The summed E-state index contributed by atoms with van der Waals surface area (Å²) in [6, 6.07) is 15.0. The van der Waals surface area contributed by atoms with Gasteiger partial charge in [-0.15, -0.1) is 0 Å². The van der Waals surface area contributed by atoms with E-state index in [-0.39, 0.29) is 24.2 Å². The van der Waals surface area contributed by atoms with Crippen LogP contribution in [-0.2, 0) is 0 Å². The van der Waals surface area contributed by atoms with Crippen LogP contribution in [0.5, 0.6) is 0 Å². The monoisotopic (exact) mass is 403 g/mol. The predicted molar refractivity (Wildman–Crippen MR) is 114 cm³/mol. The summed E-state index contributed by atoms with van der Waals surface area (Å²) in [7, 11) is 0. The molecule has 0 saturated carbocycles. The van der Waals surface area contributed by atoms with Crippen molar-refractivity contribution in [2.75, 3.05) is 18.5 Å². The molecule has 2 aromatic carbocycles. The van der Waals surface area contributed by atoms with Crippen LogP contribution in [0.25, 0.3) is 11.0 Å². The van der Waals surface area contributed by atoms with Crippen molar-refractivity contribution in [3.63, 3.8) is 0 Å². The number of aliphatic hydroxyl groups is 1. The van der Waals surface area contributed by atoms with E-state index in [1.54, 1.807) is 0 Å². The third-order valence-corrected chi connectivity index (χ3v) is 5.84. The number of thioether (sulfide) groups is 1. The molecule has 3 heterocycles. The van der Waals surface area contributed by atoms with Crippen LogP contribution in [0.1, 0.15) is 22.1 Å². The van der Waals surface area contributed by atoms with Gasteiger partial charge in [-0.2, -0.15) is 0 Å². The van der Waals surface area contributed by atoms with Crippen molar-refractivity contribution in [3.05, 3.63) is 77.1 Å². The molecule has 2 N–H and O–H groups in total. The van der Waals surface area contributed by atoms with Crippen molar-refractivity contribution in [2.24, 2.45) is 4.99 Å². The molecule has 1 aromatic heterocycles. The van der Waals surface area contributed by atoms with Crippen LogP contribution in [0, 0.1) is 0 Å². The minimum absolute atomic E-state index is 0.0161. The Bertz CT molecular complexity index is 1180. The maximum Gasteiger partial charge on any atom is 0.275 e. The Hall–Kier alpha value is -3.23. The molecule has 0 spiro atoms. The van der Waals surface area contributed by atoms with Gasteiger partial charge in [0.05, 0.1) is 42.1 Å². The van der Waals surface area contributed by atoms with Crippen LogP contribution >= 0.6 is 11.8 Å². The summed E-state index contributed by atoms with van der Waals surface area (Å²) in [4.78, 5) is 28.3. The van der Waals surface area contributed by atoms with Gasteiger partial charge in [-0.05, 0) is 18.2 Å². The molecule has 0 bridgehead atoms. The number of carbonyl (C=O) groups excluding carboxylic acids is 1. The molecule has 1 amide bonds. The van der Waals surface area contributed by atoms with Crippen molar-refractivity contribution >= 4 is 39.6 Å². The molecule has 0 fully saturated rings. The van der Waals surface area contributed by atoms with Gasteiger partial charge in [0.25, 0.3) is 5.91 Å². The lowest BCUT2D eigenvalue weighted by Crippen LogP contribution is -2.24. The number of amides is 1. The van der Waals surface area contributed by atoms with E-state index >= 15 is 0 Å². The first kappa shape index (κ1) is 17.8. The number of nitrogens with zero attached hydrogens (tertiary/aromatic N) is 4. The van der Waals surface area contributed by atoms with Crippen LogP contribution in [0.2, 0.25) is 0 Å². The summed E-state index contributed by atoms with van der Waals surface area (Å²) in [5, 5.41) is 15.2. The molecule has 5 rings (SSSR count). The fourth-order valence-electron chi connectivity index (χ4n) is 3.46. The Balaban J connectivity index is 1.40. The summed E-state index contributed by atoms with van der Waals surface area (Å²) < 4.78 is 0. The molecule has 8 heteroatoms. The van der Waals surface area contributed by atoms with E-state index < -0.39 is 0 Å². The van der Waals surface area contributed by atoms with Gasteiger partial charge in [0, 0.05) is 16.7 Å². The number of carbonyl (C=O) groups is 1. The van der Waals surface area contributed by atoms with Gasteiger partial charge in [0.1, 0.15) is 5.69 Å². The fourth-order valence-corrected chi connectivity index (χ4v) is 4.41. The van der Waals surface area contributed by atoms with E-state index in [1.165, 1.54) is 18.0 Å². The predicted octanol–water partition coefficient (Wildman–Crippen LogP) is 3.18. The minimum atomic E-state index is -0.313. The summed E-state index contributed by atoms with van der Waals surface area (Å²) in [5.74, 6) is -0.313. The molecule has 0 aliphatic carbocycles. The zero-order chi connectivity index (χ0) is 19.8. The standard InChI is InChI=1S/C21H17N5O2S/c27-11-13-12-29-21-25-19(10-26(13)21)14-5-1-2-6-15(14)24-20(28)18-9-22-16-7-3-4-8-17(16)23-18/h1-9,12,19,27H,10-11H2,(H,24,28). The van der Waals surface area contributed by atoms with Gasteiger partial charge in [-0.3, -0.25) is 14.8 Å². The Labute approximate surface area is 171 Å². The van der Waals surface area contributed by atoms with Crippen LogP contribution in [-0.4, -0.2) is 44.2 Å². The van der Waals surface area contributed by atoms with Crippen LogP contribution in [0.4, 0.5) is 5.69 Å². The first-order chi connectivity index (χ1) is 14.2. The number of aromatic nitrogens is 2. The molecular formula is C21H17N5O2S. The number of hydrogen-bond donors (Lipinski definition) is 2. The maximum absolute atomic E-state index is 12.8. The lowest BCUT2D eigenvalue weighted by Gasteiger charge is -2.18. The molecule has 144 valence electrons. The average Bonchev–Trinajstić information content (AvgIpc) is 3.34.